The van der Waals surface area contributed by atoms with E-state index in [1.165, 1.54) is 14.7 Å². The molecular formula is C39H41N9O9. The van der Waals surface area contributed by atoms with E-state index in [1.807, 2.05) is 18.2 Å². The highest BCUT2D eigenvalue weighted by molar-refractivity contribution is 6.21. The van der Waals surface area contributed by atoms with Crippen molar-refractivity contribution >= 4 is 47.8 Å². The lowest BCUT2D eigenvalue weighted by Crippen LogP contribution is -2.41. The zero-order chi connectivity index (χ0) is 40.2. The lowest BCUT2D eigenvalue weighted by Gasteiger charge is -2.24. The number of hydrogen-bond donors (Lipinski definition) is 1. The maximum absolute atomic E-state index is 14.3. The molecule has 4 aromatic rings. The van der Waals surface area contributed by atoms with E-state index in [9.17, 15) is 29.1 Å². The molecule has 18 nitrogen and oxygen atoms in total. The molecule has 0 aliphatic carbocycles. The van der Waals surface area contributed by atoms with Crippen LogP contribution < -0.4 is 14.7 Å². The van der Waals surface area contributed by atoms with Gasteiger partial charge in [0, 0.05) is 19.8 Å². The minimum Gasteiger partial charge on any atom is -0.369 e. The molecule has 57 heavy (non-hydrogen) atoms. The maximum atomic E-state index is 14.3. The van der Waals surface area contributed by atoms with E-state index in [-0.39, 0.29) is 39.5 Å². The summed E-state index contributed by atoms with van der Waals surface area (Å²) < 4.78 is 17.3. The molecule has 4 heterocycles. The summed E-state index contributed by atoms with van der Waals surface area (Å²) in [5, 5.41) is 11.7. The first-order valence-electron chi connectivity index (χ1n) is 18.5. The van der Waals surface area contributed by atoms with E-state index in [1.54, 1.807) is 93.6 Å². The van der Waals surface area contributed by atoms with Gasteiger partial charge in [0.15, 0.2) is 12.5 Å². The number of hydrogen-bond acceptors (Lipinski definition) is 12. The van der Waals surface area contributed by atoms with Crippen molar-refractivity contribution in [1.29, 1.82) is 0 Å². The highest BCUT2D eigenvalue weighted by atomic mass is 16.5. The summed E-state index contributed by atoms with van der Waals surface area (Å²) in [7, 11) is 0. The van der Waals surface area contributed by atoms with Gasteiger partial charge in [0.25, 0.3) is 11.8 Å². The zero-order valence-corrected chi connectivity index (χ0v) is 31.5. The van der Waals surface area contributed by atoms with Crippen LogP contribution in [0, 0.1) is 0 Å². The van der Waals surface area contributed by atoms with Crippen LogP contribution in [0.5, 0.6) is 0 Å². The average Bonchev–Trinajstić information content (AvgIpc) is 3.69. The second-order valence-electron chi connectivity index (χ2n) is 13.0. The van der Waals surface area contributed by atoms with Crippen LogP contribution in [0.1, 0.15) is 37.5 Å². The minimum atomic E-state index is -1.73. The lowest BCUT2D eigenvalue weighted by atomic mass is 10.2. The minimum absolute atomic E-state index is 0.0177. The number of anilines is 3. The standard InChI is InChI=1S/C39H41N9O9/c1-4-55-31-28(49)46(37(52)43(31)22-25-16-10-7-11-17-25)34-40-35(47-29(50)32(56-5-2)44(38(47)53)23-26-18-12-8-13-19-26)42-36(41-34)48-30(51)33(57-6-3)45(39(48)54)24-27-20-14-9-15-21-27/h7-21,28,31-33,49H,4-6,22-24H2,1-3H3. The van der Waals surface area contributed by atoms with Gasteiger partial charge in [0.05, 0.1) is 19.6 Å². The number of rotatable bonds is 15. The van der Waals surface area contributed by atoms with E-state index >= 15 is 0 Å². The molecule has 4 atom stereocenters. The highest BCUT2D eigenvalue weighted by Gasteiger charge is 2.53. The topological polar surface area (TPSA) is 191 Å². The maximum Gasteiger partial charge on any atom is 0.336 e. The summed E-state index contributed by atoms with van der Waals surface area (Å²) >= 11 is 0. The van der Waals surface area contributed by atoms with Gasteiger partial charge < -0.3 is 19.3 Å². The van der Waals surface area contributed by atoms with Crippen molar-refractivity contribution in [2.75, 3.05) is 34.5 Å². The summed E-state index contributed by atoms with van der Waals surface area (Å²) in [6.07, 6.45) is -5.74. The van der Waals surface area contributed by atoms with Crippen molar-refractivity contribution < 1.29 is 43.3 Å². The molecule has 18 heteroatoms. The monoisotopic (exact) mass is 779 g/mol. The van der Waals surface area contributed by atoms with Gasteiger partial charge in [-0.05, 0) is 37.5 Å². The Balaban J connectivity index is 1.34. The van der Waals surface area contributed by atoms with E-state index < -0.39 is 72.7 Å². The van der Waals surface area contributed by atoms with Crippen LogP contribution in [0.15, 0.2) is 91.0 Å². The molecule has 0 radical (unpaired) electrons. The number of nitrogens with zero attached hydrogens (tertiary/aromatic N) is 9. The molecule has 0 bridgehead atoms. The Morgan fingerprint density at radius 2 is 0.877 bits per heavy atom. The second-order valence-corrected chi connectivity index (χ2v) is 13.0. The SMILES string of the molecule is CCOC1C(=O)N(c2nc(N3C(=O)C(OCC)N(Cc4ccccc4)C3=O)nc(N3C(=O)N(Cc4ccccc4)C(OCC)C3O)n2)C(=O)N1Cc1ccccc1. The van der Waals surface area contributed by atoms with Crippen LogP contribution in [-0.4, -0.2) is 109 Å². The first kappa shape index (κ1) is 38.9. The smallest absolute Gasteiger partial charge is 0.336 e. The van der Waals surface area contributed by atoms with Crippen molar-refractivity contribution in [3.05, 3.63) is 108 Å². The van der Waals surface area contributed by atoms with Crippen LogP contribution >= 0.6 is 0 Å². The molecule has 3 aliphatic rings. The van der Waals surface area contributed by atoms with Gasteiger partial charge >= 0.3 is 18.1 Å². The summed E-state index contributed by atoms with van der Waals surface area (Å²) in [5.74, 6) is -3.57. The van der Waals surface area contributed by atoms with Gasteiger partial charge in [0.2, 0.25) is 30.3 Å². The Morgan fingerprint density at radius 1 is 0.509 bits per heavy atom. The summed E-state index contributed by atoms with van der Waals surface area (Å²) in [5.41, 5.74) is 2.12. The summed E-state index contributed by atoms with van der Waals surface area (Å²) in [4.78, 5) is 89.8. The van der Waals surface area contributed by atoms with Crippen LogP contribution in [0.4, 0.5) is 32.2 Å². The van der Waals surface area contributed by atoms with Gasteiger partial charge in [-0.25, -0.2) is 19.3 Å². The van der Waals surface area contributed by atoms with E-state index in [0.29, 0.717) is 20.9 Å². The molecule has 1 aromatic heterocycles. The molecule has 7 rings (SSSR count). The summed E-state index contributed by atoms with van der Waals surface area (Å²) in [6.45, 7) is 5.22. The highest BCUT2D eigenvalue weighted by Crippen LogP contribution is 2.34. The van der Waals surface area contributed by atoms with Crippen LogP contribution in [0.25, 0.3) is 0 Å². The molecular weight excluding hydrogens is 738 g/mol. The average molecular weight is 780 g/mol. The molecule has 296 valence electrons. The predicted molar refractivity (Wildman–Crippen MR) is 202 cm³/mol. The summed E-state index contributed by atoms with van der Waals surface area (Å²) in [6, 6.07) is 24.3. The fourth-order valence-electron chi connectivity index (χ4n) is 6.79. The molecule has 0 saturated carbocycles. The van der Waals surface area contributed by atoms with Crippen molar-refractivity contribution in [1.82, 2.24) is 29.7 Å². The van der Waals surface area contributed by atoms with E-state index in [2.05, 4.69) is 15.0 Å². The molecule has 1 N–H and O–H groups in total. The lowest BCUT2D eigenvalue weighted by molar-refractivity contribution is -0.134. The normalized spacial score (nSPS) is 21.2. The number of carbonyl (C=O) groups excluding carboxylic acids is 5. The number of amides is 8. The number of aliphatic hydroxyl groups excluding tert-OH is 1. The number of aliphatic hydroxyl groups is 1. The Bertz CT molecular complexity index is 2010. The first-order chi connectivity index (χ1) is 27.7. The molecule has 3 aromatic carbocycles. The van der Waals surface area contributed by atoms with Gasteiger partial charge in [-0.3, -0.25) is 24.3 Å². The van der Waals surface area contributed by atoms with E-state index in [0.717, 1.165) is 10.5 Å². The Labute approximate surface area is 327 Å². The Kier molecular flexibility index (Phi) is 11.5. The molecule has 4 unspecified atom stereocenters. The van der Waals surface area contributed by atoms with Crippen LogP contribution in [0.3, 0.4) is 0 Å². The van der Waals surface area contributed by atoms with Crippen molar-refractivity contribution in [3.63, 3.8) is 0 Å². The second kappa shape index (κ2) is 16.8. The third-order valence-electron chi connectivity index (χ3n) is 9.37. The van der Waals surface area contributed by atoms with Crippen LogP contribution in [0.2, 0.25) is 0 Å². The fourth-order valence-corrected chi connectivity index (χ4v) is 6.79. The van der Waals surface area contributed by atoms with Gasteiger partial charge in [-0.15, -0.1) is 0 Å². The zero-order valence-electron chi connectivity index (χ0n) is 31.5. The fraction of sp³-hybridized carbons (Fsp3) is 0.333. The van der Waals surface area contributed by atoms with Crippen molar-refractivity contribution in [2.24, 2.45) is 0 Å². The van der Waals surface area contributed by atoms with Gasteiger partial charge in [-0.1, -0.05) is 91.0 Å². The Hall–Kier alpha value is -6.34. The number of aromatic nitrogens is 3. The largest absolute Gasteiger partial charge is 0.369 e. The number of benzene rings is 3. The third-order valence-corrected chi connectivity index (χ3v) is 9.37. The number of carbonyl (C=O) groups is 5. The van der Waals surface area contributed by atoms with Crippen molar-refractivity contribution in [2.45, 2.75) is 65.3 Å². The molecule has 3 fully saturated rings. The number of imide groups is 2. The molecule has 3 aliphatic heterocycles. The number of urea groups is 3. The predicted octanol–water partition coefficient (Wildman–Crippen LogP) is 3.66. The van der Waals surface area contributed by atoms with Gasteiger partial charge in [0.1, 0.15) is 0 Å². The Morgan fingerprint density at radius 3 is 1.26 bits per heavy atom. The quantitative estimate of drug-likeness (QED) is 0.173. The molecule has 8 amide bonds. The van der Waals surface area contributed by atoms with E-state index in [4.69, 9.17) is 14.2 Å². The first-order valence-corrected chi connectivity index (χ1v) is 18.5. The van der Waals surface area contributed by atoms with Gasteiger partial charge in [-0.2, -0.15) is 24.8 Å². The van der Waals surface area contributed by atoms with Crippen LogP contribution in [-0.2, 0) is 43.4 Å². The number of ether oxygens (including phenoxy) is 3. The molecule has 3 saturated heterocycles. The van der Waals surface area contributed by atoms with Crippen molar-refractivity contribution in [3.8, 4) is 0 Å². The third kappa shape index (κ3) is 7.50. The molecule has 0 spiro atoms.